The highest BCUT2D eigenvalue weighted by Crippen LogP contribution is 2.19. The summed E-state index contributed by atoms with van der Waals surface area (Å²) in [7, 11) is 0. The van der Waals surface area contributed by atoms with E-state index in [0.717, 1.165) is 50.9 Å². The zero-order valence-corrected chi connectivity index (χ0v) is 12.5. The van der Waals surface area contributed by atoms with Gasteiger partial charge in [-0.25, -0.2) is 4.79 Å². The van der Waals surface area contributed by atoms with Crippen molar-refractivity contribution in [3.63, 3.8) is 0 Å². The van der Waals surface area contributed by atoms with Crippen LogP contribution in [0.2, 0.25) is 0 Å². The molecule has 0 aromatic carbocycles. The number of nitrogens with zero attached hydrogens (tertiary/aromatic N) is 1. The van der Waals surface area contributed by atoms with Crippen molar-refractivity contribution in [1.82, 2.24) is 15.5 Å². The van der Waals surface area contributed by atoms with E-state index >= 15 is 0 Å². The van der Waals surface area contributed by atoms with Gasteiger partial charge >= 0.3 is 6.03 Å². The number of carbonyl (C=O) groups excluding carboxylic acids is 1. The first-order valence-electron chi connectivity index (χ1n) is 7.97. The van der Waals surface area contributed by atoms with Crippen LogP contribution >= 0.6 is 0 Å². The maximum Gasteiger partial charge on any atom is 0.317 e. The van der Waals surface area contributed by atoms with E-state index in [1.165, 1.54) is 19.3 Å². The third kappa shape index (κ3) is 4.10. The molecule has 2 fully saturated rings. The van der Waals surface area contributed by atoms with Crippen molar-refractivity contribution >= 4 is 6.03 Å². The Hall–Kier alpha value is -0.770. The van der Waals surface area contributed by atoms with Crippen LogP contribution in [0.1, 0.15) is 46.0 Å². The molecular weight excluding hydrogens is 238 g/mol. The first-order chi connectivity index (χ1) is 9.20. The summed E-state index contributed by atoms with van der Waals surface area (Å²) in [6.07, 6.45) is 6.06. The third-order valence-corrected chi connectivity index (χ3v) is 4.80. The summed E-state index contributed by atoms with van der Waals surface area (Å²) in [6, 6.07) is 0.598. The Morgan fingerprint density at radius 2 is 2.05 bits per heavy atom. The lowest BCUT2D eigenvalue weighted by Gasteiger charge is -2.34. The van der Waals surface area contributed by atoms with Crippen LogP contribution in [0.5, 0.6) is 0 Å². The van der Waals surface area contributed by atoms with Gasteiger partial charge in [0.1, 0.15) is 0 Å². The van der Waals surface area contributed by atoms with Gasteiger partial charge in [-0.3, -0.25) is 0 Å². The molecule has 0 spiro atoms. The Kier molecular flexibility index (Phi) is 5.49. The number of hydrogen-bond acceptors (Lipinski definition) is 2. The van der Waals surface area contributed by atoms with E-state index in [4.69, 9.17) is 0 Å². The van der Waals surface area contributed by atoms with E-state index in [0.29, 0.717) is 6.04 Å². The van der Waals surface area contributed by atoms with Crippen molar-refractivity contribution in [2.75, 3.05) is 26.2 Å². The zero-order valence-electron chi connectivity index (χ0n) is 12.5. The fraction of sp³-hybridized carbons (Fsp3) is 0.933. The van der Waals surface area contributed by atoms with Crippen LogP contribution in [0.4, 0.5) is 4.79 Å². The van der Waals surface area contributed by atoms with Gasteiger partial charge in [-0.15, -0.1) is 0 Å². The van der Waals surface area contributed by atoms with Crippen molar-refractivity contribution in [3.8, 4) is 0 Å². The van der Waals surface area contributed by atoms with Crippen LogP contribution in [-0.4, -0.2) is 43.2 Å². The number of hydrogen-bond donors (Lipinski definition) is 2. The molecule has 4 nitrogen and oxygen atoms in total. The number of nitrogens with one attached hydrogen (secondary N) is 2. The molecule has 2 heterocycles. The quantitative estimate of drug-likeness (QED) is 0.823. The van der Waals surface area contributed by atoms with E-state index in [9.17, 15) is 4.79 Å². The molecule has 2 aliphatic rings. The van der Waals surface area contributed by atoms with Crippen molar-refractivity contribution in [3.05, 3.63) is 0 Å². The monoisotopic (exact) mass is 267 g/mol. The van der Waals surface area contributed by atoms with Gasteiger partial charge < -0.3 is 15.5 Å². The summed E-state index contributed by atoms with van der Waals surface area (Å²) in [4.78, 5) is 14.1. The molecule has 4 heteroatoms. The molecule has 2 saturated heterocycles. The SMILES string of the molecule is CCC1CCCNC1CNC(=O)N1CCC(C)CC1. The largest absolute Gasteiger partial charge is 0.336 e. The number of likely N-dealkylation sites (tertiary alicyclic amines) is 1. The van der Waals surface area contributed by atoms with E-state index in [1.807, 2.05) is 4.90 Å². The smallest absolute Gasteiger partial charge is 0.317 e. The molecule has 2 amide bonds. The molecular formula is C15H29N3O. The lowest BCUT2D eigenvalue weighted by molar-refractivity contribution is 0.170. The predicted molar refractivity (Wildman–Crippen MR) is 78.2 cm³/mol. The Morgan fingerprint density at radius 1 is 1.32 bits per heavy atom. The number of carbonyl (C=O) groups is 1. The lowest BCUT2D eigenvalue weighted by atomic mass is 9.89. The van der Waals surface area contributed by atoms with Gasteiger partial charge in [0.05, 0.1) is 0 Å². The second-order valence-corrected chi connectivity index (χ2v) is 6.23. The van der Waals surface area contributed by atoms with Crippen LogP contribution < -0.4 is 10.6 Å². The van der Waals surface area contributed by atoms with Gasteiger partial charge in [-0.2, -0.15) is 0 Å². The molecule has 0 aromatic rings. The molecule has 2 N–H and O–H groups in total. The Balaban J connectivity index is 1.73. The van der Waals surface area contributed by atoms with Crippen LogP contribution in [0.25, 0.3) is 0 Å². The fourth-order valence-electron chi connectivity index (χ4n) is 3.27. The minimum absolute atomic E-state index is 0.133. The Bertz CT molecular complexity index is 287. The molecule has 0 bridgehead atoms. The highest BCUT2D eigenvalue weighted by molar-refractivity contribution is 5.74. The van der Waals surface area contributed by atoms with Gasteiger partial charge in [0, 0.05) is 25.7 Å². The van der Waals surface area contributed by atoms with E-state index in [2.05, 4.69) is 24.5 Å². The highest BCUT2D eigenvalue weighted by atomic mass is 16.2. The van der Waals surface area contributed by atoms with Gasteiger partial charge in [-0.05, 0) is 44.1 Å². The minimum Gasteiger partial charge on any atom is -0.336 e. The average Bonchev–Trinajstić information content (AvgIpc) is 2.45. The molecule has 0 aromatic heterocycles. The Labute approximate surface area is 117 Å². The molecule has 0 aliphatic carbocycles. The summed E-state index contributed by atoms with van der Waals surface area (Å²) in [5, 5.41) is 6.68. The van der Waals surface area contributed by atoms with Crippen molar-refractivity contribution in [2.45, 2.75) is 52.0 Å². The first-order valence-corrected chi connectivity index (χ1v) is 7.97. The minimum atomic E-state index is 0.133. The second kappa shape index (κ2) is 7.13. The maximum atomic E-state index is 12.1. The van der Waals surface area contributed by atoms with E-state index in [1.54, 1.807) is 0 Å². The third-order valence-electron chi connectivity index (χ3n) is 4.80. The molecule has 0 saturated carbocycles. The van der Waals surface area contributed by atoms with E-state index < -0.39 is 0 Å². The van der Waals surface area contributed by atoms with Crippen LogP contribution in [-0.2, 0) is 0 Å². The van der Waals surface area contributed by atoms with Crippen LogP contribution in [0, 0.1) is 11.8 Å². The molecule has 110 valence electrons. The fourth-order valence-corrected chi connectivity index (χ4v) is 3.27. The second-order valence-electron chi connectivity index (χ2n) is 6.23. The van der Waals surface area contributed by atoms with Gasteiger partial charge in [0.2, 0.25) is 0 Å². The summed E-state index contributed by atoms with van der Waals surface area (Å²) >= 11 is 0. The number of amides is 2. The van der Waals surface area contributed by atoms with Gasteiger partial charge in [0.15, 0.2) is 0 Å². The molecule has 2 unspecified atom stereocenters. The summed E-state index contributed by atoms with van der Waals surface area (Å²) in [5.41, 5.74) is 0. The maximum absolute atomic E-state index is 12.1. The van der Waals surface area contributed by atoms with Crippen molar-refractivity contribution < 1.29 is 4.79 Å². The average molecular weight is 267 g/mol. The molecule has 2 atom stereocenters. The topological polar surface area (TPSA) is 44.4 Å². The number of rotatable bonds is 3. The zero-order chi connectivity index (χ0) is 13.7. The number of urea groups is 1. The molecule has 2 rings (SSSR count). The lowest BCUT2D eigenvalue weighted by Crippen LogP contribution is -2.52. The van der Waals surface area contributed by atoms with Crippen LogP contribution in [0.15, 0.2) is 0 Å². The van der Waals surface area contributed by atoms with E-state index in [-0.39, 0.29) is 6.03 Å². The summed E-state index contributed by atoms with van der Waals surface area (Å²) in [6.45, 7) is 8.23. The Morgan fingerprint density at radius 3 is 2.74 bits per heavy atom. The van der Waals surface area contributed by atoms with Gasteiger partial charge in [0.25, 0.3) is 0 Å². The number of piperidine rings is 2. The first kappa shape index (κ1) is 14.6. The van der Waals surface area contributed by atoms with Crippen LogP contribution in [0.3, 0.4) is 0 Å². The summed E-state index contributed by atoms with van der Waals surface area (Å²) in [5.74, 6) is 1.49. The highest BCUT2D eigenvalue weighted by Gasteiger charge is 2.25. The summed E-state index contributed by atoms with van der Waals surface area (Å²) < 4.78 is 0. The molecule has 0 radical (unpaired) electrons. The molecule has 19 heavy (non-hydrogen) atoms. The normalized spacial score (nSPS) is 29.3. The standard InChI is InChI=1S/C15H29N3O/c1-3-13-5-4-8-16-14(13)11-17-15(19)18-9-6-12(2)7-10-18/h12-14,16H,3-11H2,1-2H3,(H,17,19). The molecule has 2 aliphatic heterocycles. The van der Waals surface area contributed by atoms with Crippen molar-refractivity contribution in [1.29, 1.82) is 0 Å². The predicted octanol–water partition coefficient (Wildman–Crippen LogP) is 2.21. The van der Waals surface area contributed by atoms with Crippen molar-refractivity contribution in [2.24, 2.45) is 11.8 Å². The van der Waals surface area contributed by atoms with Gasteiger partial charge in [-0.1, -0.05) is 20.3 Å².